The van der Waals surface area contributed by atoms with Crippen LogP contribution in [-0.2, 0) is 4.79 Å². The van der Waals surface area contributed by atoms with Gasteiger partial charge in [-0.3, -0.25) is 4.79 Å². The second-order valence-corrected chi connectivity index (χ2v) is 4.95. The van der Waals surface area contributed by atoms with Crippen molar-refractivity contribution in [1.82, 2.24) is 4.90 Å². The van der Waals surface area contributed by atoms with Crippen molar-refractivity contribution in [2.45, 2.75) is 33.1 Å². The second kappa shape index (κ2) is 2.48. The summed E-state index contributed by atoms with van der Waals surface area (Å²) in [7, 11) is 0. The Morgan fingerprint density at radius 1 is 1.42 bits per heavy atom. The molecule has 0 aromatic rings. The average molecular weight is 167 g/mol. The number of likely N-dealkylation sites (tertiary alicyclic amines) is 1. The Hall–Kier alpha value is -0.530. The van der Waals surface area contributed by atoms with Crippen LogP contribution in [-0.4, -0.2) is 23.9 Å². The van der Waals surface area contributed by atoms with Crippen molar-refractivity contribution in [3.63, 3.8) is 0 Å². The third kappa shape index (κ3) is 1.47. The summed E-state index contributed by atoms with van der Waals surface area (Å²) in [6.45, 7) is 6.45. The summed E-state index contributed by atoms with van der Waals surface area (Å²) in [5.41, 5.74) is 0.366. The number of carbonyl (C=O) groups is 1. The Labute approximate surface area is 73.9 Å². The van der Waals surface area contributed by atoms with Crippen LogP contribution in [0.15, 0.2) is 0 Å². The molecule has 0 spiro atoms. The summed E-state index contributed by atoms with van der Waals surface area (Å²) in [6, 6.07) is 0. The van der Waals surface area contributed by atoms with Gasteiger partial charge in [0.2, 0.25) is 5.91 Å². The van der Waals surface area contributed by atoms with Gasteiger partial charge in [-0.15, -0.1) is 0 Å². The van der Waals surface area contributed by atoms with E-state index in [1.165, 1.54) is 6.42 Å². The van der Waals surface area contributed by atoms with Gasteiger partial charge in [0, 0.05) is 19.0 Å². The fourth-order valence-electron chi connectivity index (χ4n) is 1.89. The molecule has 0 radical (unpaired) electrons. The molecule has 68 valence electrons. The molecule has 1 heterocycles. The van der Waals surface area contributed by atoms with Gasteiger partial charge in [0.25, 0.3) is 0 Å². The SMILES string of the molecule is CC1(C)CCN(C(=O)C2CC2)C1. The first kappa shape index (κ1) is 8.09. The molecular weight excluding hydrogens is 150 g/mol. The van der Waals surface area contributed by atoms with Gasteiger partial charge in [-0.05, 0) is 24.7 Å². The Bertz CT molecular complexity index is 206. The van der Waals surface area contributed by atoms with Crippen molar-refractivity contribution >= 4 is 5.91 Å². The molecule has 0 N–H and O–H groups in total. The van der Waals surface area contributed by atoms with Crippen LogP contribution >= 0.6 is 0 Å². The number of rotatable bonds is 1. The summed E-state index contributed by atoms with van der Waals surface area (Å²) in [5.74, 6) is 0.819. The van der Waals surface area contributed by atoms with Gasteiger partial charge >= 0.3 is 0 Å². The fourth-order valence-corrected chi connectivity index (χ4v) is 1.89. The van der Waals surface area contributed by atoms with Gasteiger partial charge in [0.1, 0.15) is 0 Å². The lowest BCUT2D eigenvalue weighted by Crippen LogP contribution is -2.31. The van der Waals surface area contributed by atoms with Crippen LogP contribution in [0.2, 0.25) is 0 Å². The second-order valence-electron chi connectivity index (χ2n) is 4.95. The largest absolute Gasteiger partial charge is 0.342 e. The third-order valence-corrected chi connectivity index (χ3v) is 2.92. The van der Waals surface area contributed by atoms with Crippen LogP contribution in [0, 0.1) is 11.3 Å². The molecule has 2 aliphatic rings. The van der Waals surface area contributed by atoms with Crippen LogP contribution in [0.5, 0.6) is 0 Å². The van der Waals surface area contributed by atoms with E-state index in [-0.39, 0.29) is 0 Å². The molecule has 1 aliphatic heterocycles. The van der Waals surface area contributed by atoms with Gasteiger partial charge in [0.05, 0.1) is 0 Å². The van der Waals surface area contributed by atoms with Gasteiger partial charge in [-0.1, -0.05) is 13.8 Å². The minimum Gasteiger partial charge on any atom is -0.342 e. The highest BCUT2D eigenvalue weighted by Crippen LogP contribution is 2.35. The van der Waals surface area contributed by atoms with Crippen molar-refractivity contribution < 1.29 is 4.79 Å². The lowest BCUT2D eigenvalue weighted by atomic mass is 9.93. The van der Waals surface area contributed by atoms with Crippen molar-refractivity contribution in [1.29, 1.82) is 0 Å². The van der Waals surface area contributed by atoms with Crippen molar-refractivity contribution in [2.24, 2.45) is 11.3 Å². The summed E-state index contributed by atoms with van der Waals surface area (Å²) in [6.07, 6.45) is 3.44. The number of amides is 1. The number of hydrogen-bond acceptors (Lipinski definition) is 1. The van der Waals surface area contributed by atoms with E-state index in [4.69, 9.17) is 0 Å². The number of hydrogen-bond donors (Lipinski definition) is 0. The van der Waals surface area contributed by atoms with Crippen molar-refractivity contribution in [2.75, 3.05) is 13.1 Å². The Kier molecular flexibility index (Phi) is 1.67. The van der Waals surface area contributed by atoms with E-state index >= 15 is 0 Å². The monoisotopic (exact) mass is 167 g/mol. The first-order valence-corrected chi connectivity index (χ1v) is 4.87. The molecule has 0 aromatic heterocycles. The summed E-state index contributed by atoms with van der Waals surface area (Å²) in [5, 5.41) is 0. The maximum atomic E-state index is 11.6. The van der Waals surface area contributed by atoms with Crippen LogP contribution in [0.4, 0.5) is 0 Å². The van der Waals surface area contributed by atoms with Crippen molar-refractivity contribution in [3.8, 4) is 0 Å². The van der Waals surface area contributed by atoms with E-state index in [0.29, 0.717) is 17.2 Å². The molecule has 2 fully saturated rings. The van der Waals surface area contributed by atoms with E-state index in [1.54, 1.807) is 0 Å². The molecule has 0 atom stereocenters. The molecule has 12 heavy (non-hydrogen) atoms. The summed E-state index contributed by atoms with van der Waals surface area (Å²) in [4.78, 5) is 13.7. The molecule has 0 aromatic carbocycles. The zero-order valence-electron chi connectivity index (χ0n) is 7.97. The number of nitrogens with zero attached hydrogens (tertiary/aromatic N) is 1. The lowest BCUT2D eigenvalue weighted by Gasteiger charge is -2.19. The molecule has 2 heteroatoms. The third-order valence-electron chi connectivity index (χ3n) is 2.92. The van der Waals surface area contributed by atoms with Crippen LogP contribution in [0.3, 0.4) is 0 Å². The molecule has 0 unspecified atom stereocenters. The van der Waals surface area contributed by atoms with E-state index in [1.807, 2.05) is 0 Å². The predicted molar refractivity (Wildman–Crippen MR) is 47.7 cm³/mol. The highest BCUT2D eigenvalue weighted by atomic mass is 16.2. The number of carbonyl (C=O) groups excluding carboxylic acids is 1. The first-order chi connectivity index (χ1) is 5.58. The lowest BCUT2D eigenvalue weighted by molar-refractivity contribution is -0.131. The molecule has 2 rings (SSSR count). The van der Waals surface area contributed by atoms with Gasteiger partial charge < -0.3 is 4.90 Å². The zero-order valence-corrected chi connectivity index (χ0v) is 7.97. The Morgan fingerprint density at radius 3 is 2.50 bits per heavy atom. The maximum Gasteiger partial charge on any atom is 0.225 e. The molecule has 1 amide bonds. The average Bonchev–Trinajstić information content (AvgIpc) is 2.75. The highest BCUT2D eigenvalue weighted by molar-refractivity contribution is 5.81. The molecule has 2 nitrogen and oxygen atoms in total. The van der Waals surface area contributed by atoms with Crippen LogP contribution < -0.4 is 0 Å². The first-order valence-electron chi connectivity index (χ1n) is 4.87. The topological polar surface area (TPSA) is 20.3 Å². The zero-order chi connectivity index (χ0) is 8.77. The summed E-state index contributed by atoms with van der Waals surface area (Å²) < 4.78 is 0. The molecule has 0 bridgehead atoms. The van der Waals surface area contributed by atoms with Gasteiger partial charge in [-0.2, -0.15) is 0 Å². The van der Waals surface area contributed by atoms with E-state index in [9.17, 15) is 4.79 Å². The quantitative estimate of drug-likeness (QED) is 0.581. The molecule has 1 saturated heterocycles. The Morgan fingerprint density at radius 2 is 2.08 bits per heavy atom. The van der Waals surface area contributed by atoms with Gasteiger partial charge in [0.15, 0.2) is 0 Å². The Balaban J connectivity index is 1.94. The van der Waals surface area contributed by atoms with Crippen LogP contribution in [0.25, 0.3) is 0 Å². The fraction of sp³-hybridized carbons (Fsp3) is 0.900. The molecule has 1 saturated carbocycles. The van der Waals surface area contributed by atoms with E-state index in [0.717, 1.165) is 25.9 Å². The smallest absolute Gasteiger partial charge is 0.225 e. The predicted octanol–water partition coefficient (Wildman–Crippen LogP) is 1.65. The van der Waals surface area contributed by atoms with E-state index < -0.39 is 0 Å². The van der Waals surface area contributed by atoms with Crippen molar-refractivity contribution in [3.05, 3.63) is 0 Å². The maximum absolute atomic E-state index is 11.6. The molecule has 1 aliphatic carbocycles. The normalized spacial score (nSPS) is 27.7. The minimum atomic E-state index is 0.366. The van der Waals surface area contributed by atoms with Crippen LogP contribution in [0.1, 0.15) is 33.1 Å². The molecular formula is C10H17NO. The summed E-state index contributed by atoms with van der Waals surface area (Å²) >= 11 is 0. The van der Waals surface area contributed by atoms with Gasteiger partial charge in [-0.25, -0.2) is 0 Å². The van der Waals surface area contributed by atoms with E-state index in [2.05, 4.69) is 18.7 Å². The standard InChI is InChI=1S/C10H17NO/c1-10(2)5-6-11(7-10)9(12)8-3-4-8/h8H,3-7H2,1-2H3. The highest BCUT2D eigenvalue weighted by Gasteiger charge is 2.38. The minimum absolute atomic E-state index is 0.366.